The first-order valence-corrected chi connectivity index (χ1v) is 7.50. The average Bonchev–Trinajstić information content (AvgIpc) is 2.91. The van der Waals surface area contributed by atoms with Crippen LogP contribution in [0.3, 0.4) is 0 Å². The Hall–Kier alpha value is -0.830. The van der Waals surface area contributed by atoms with Crippen LogP contribution in [0.1, 0.15) is 57.1 Å². The van der Waals surface area contributed by atoms with Crippen LogP contribution in [-0.4, -0.2) is 11.2 Å². The zero-order chi connectivity index (χ0) is 13.8. The summed E-state index contributed by atoms with van der Waals surface area (Å²) < 4.78 is 5.26. The van der Waals surface area contributed by atoms with Crippen LogP contribution >= 0.6 is 0 Å². The van der Waals surface area contributed by atoms with Crippen LogP contribution in [0, 0.1) is 30.6 Å². The van der Waals surface area contributed by atoms with Gasteiger partial charge in [0.05, 0.1) is 5.69 Å². The molecule has 106 valence electrons. The van der Waals surface area contributed by atoms with Gasteiger partial charge in [-0.3, -0.25) is 0 Å². The molecule has 3 unspecified atom stereocenters. The van der Waals surface area contributed by atoms with Crippen LogP contribution < -0.4 is 5.32 Å². The zero-order valence-corrected chi connectivity index (χ0v) is 12.8. The van der Waals surface area contributed by atoms with Gasteiger partial charge >= 0.3 is 0 Å². The molecule has 1 heterocycles. The average molecular weight is 262 g/mol. The lowest BCUT2D eigenvalue weighted by molar-refractivity contribution is 0.108. The predicted octanol–water partition coefficient (Wildman–Crippen LogP) is 3.60. The van der Waals surface area contributed by atoms with Crippen LogP contribution in [0.5, 0.6) is 0 Å². The summed E-state index contributed by atoms with van der Waals surface area (Å²) in [5.41, 5.74) is 3.15. The van der Waals surface area contributed by atoms with Gasteiger partial charge in [0.25, 0.3) is 0 Å². The number of aromatic nitrogens is 1. The highest BCUT2D eigenvalue weighted by atomic mass is 16.5. The molecule has 1 N–H and O–H groups in total. The van der Waals surface area contributed by atoms with Crippen LogP contribution in [0.15, 0.2) is 4.52 Å². The molecule has 2 bridgehead atoms. The van der Waals surface area contributed by atoms with Crippen LogP contribution in [0.25, 0.3) is 0 Å². The molecule has 2 saturated carbocycles. The molecule has 2 aliphatic carbocycles. The van der Waals surface area contributed by atoms with E-state index in [1.165, 1.54) is 24.8 Å². The summed E-state index contributed by atoms with van der Waals surface area (Å²) >= 11 is 0. The SMILES string of the molecule is Cc1noc(C)c1CNC1C2(C)CCC(C2)C1(C)C. The van der Waals surface area contributed by atoms with Gasteiger partial charge < -0.3 is 9.84 Å². The van der Waals surface area contributed by atoms with Crippen molar-refractivity contribution in [3.8, 4) is 0 Å². The lowest BCUT2D eigenvalue weighted by Gasteiger charge is -2.43. The highest BCUT2D eigenvalue weighted by molar-refractivity contribution is 5.21. The minimum Gasteiger partial charge on any atom is -0.361 e. The summed E-state index contributed by atoms with van der Waals surface area (Å²) in [5.74, 6) is 1.84. The number of hydrogen-bond donors (Lipinski definition) is 1. The van der Waals surface area contributed by atoms with Crippen molar-refractivity contribution in [2.45, 2.75) is 66.5 Å². The molecule has 1 aromatic rings. The smallest absolute Gasteiger partial charge is 0.138 e. The number of fused-ring (bicyclic) bond motifs is 2. The summed E-state index contributed by atoms with van der Waals surface area (Å²) in [6, 6.07) is 0.604. The minimum atomic E-state index is 0.409. The number of rotatable bonds is 3. The Bertz CT molecular complexity index is 467. The van der Waals surface area contributed by atoms with Gasteiger partial charge in [0, 0.05) is 18.2 Å². The van der Waals surface area contributed by atoms with Crippen molar-refractivity contribution < 1.29 is 4.52 Å². The third-order valence-corrected chi connectivity index (χ3v) is 5.93. The van der Waals surface area contributed by atoms with Crippen molar-refractivity contribution >= 4 is 0 Å². The molecule has 0 spiro atoms. The molecule has 2 fully saturated rings. The van der Waals surface area contributed by atoms with Gasteiger partial charge in [0.2, 0.25) is 0 Å². The first kappa shape index (κ1) is 13.2. The number of hydrogen-bond acceptors (Lipinski definition) is 3. The number of nitrogens with zero attached hydrogens (tertiary/aromatic N) is 1. The predicted molar refractivity (Wildman–Crippen MR) is 75.8 cm³/mol. The van der Waals surface area contributed by atoms with E-state index in [-0.39, 0.29) is 0 Å². The monoisotopic (exact) mass is 262 g/mol. The Morgan fingerprint density at radius 3 is 2.58 bits per heavy atom. The maximum Gasteiger partial charge on any atom is 0.138 e. The van der Waals surface area contributed by atoms with E-state index < -0.39 is 0 Å². The molecular formula is C16H26N2O. The number of aryl methyl sites for hydroxylation is 2. The second-order valence-electron chi connectivity index (χ2n) is 7.53. The van der Waals surface area contributed by atoms with Gasteiger partial charge in [0.15, 0.2) is 0 Å². The molecule has 3 nitrogen and oxygen atoms in total. The minimum absolute atomic E-state index is 0.409. The topological polar surface area (TPSA) is 38.1 Å². The Balaban J connectivity index is 1.77. The van der Waals surface area contributed by atoms with E-state index in [9.17, 15) is 0 Å². The van der Waals surface area contributed by atoms with Crippen molar-refractivity contribution in [2.24, 2.45) is 16.7 Å². The van der Waals surface area contributed by atoms with Crippen LogP contribution in [0.2, 0.25) is 0 Å². The molecular weight excluding hydrogens is 236 g/mol. The van der Waals surface area contributed by atoms with E-state index in [0.717, 1.165) is 23.9 Å². The summed E-state index contributed by atoms with van der Waals surface area (Å²) in [5, 5.41) is 7.88. The van der Waals surface area contributed by atoms with Crippen molar-refractivity contribution in [3.63, 3.8) is 0 Å². The second kappa shape index (κ2) is 4.08. The van der Waals surface area contributed by atoms with Crippen LogP contribution in [0.4, 0.5) is 0 Å². The maximum absolute atomic E-state index is 5.26. The highest BCUT2D eigenvalue weighted by Gasteiger charge is 2.58. The lowest BCUT2D eigenvalue weighted by atomic mass is 9.68. The number of nitrogens with one attached hydrogen (secondary N) is 1. The fraction of sp³-hybridized carbons (Fsp3) is 0.812. The van der Waals surface area contributed by atoms with Crippen molar-refractivity contribution in [3.05, 3.63) is 17.0 Å². The summed E-state index contributed by atoms with van der Waals surface area (Å²) in [4.78, 5) is 0. The fourth-order valence-electron chi connectivity index (χ4n) is 4.77. The molecule has 19 heavy (non-hydrogen) atoms. The van der Waals surface area contributed by atoms with E-state index >= 15 is 0 Å². The molecule has 0 aromatic carbocycles. The maximum atomic E-state index is 5.26. The van der Waals surface area contributed by atoms with E-state index in [1.54, 1.807) is 0 Å². The third-order valence-electron chi connectivity index (χ3n) is 5.93. The van der Waals surface area contributed by atoms with Gasteiger partial charge in [0.1, 0.15) is 5.76 Å². The normalized spacial score (nSPS) is 36.1. The molecule has 0 amide bonds. The standard InChI is InChI=1S/C16H26N2O/c1-10-13(11(2)19-18-10)9-17-14-15(3,4)12-6-7-16(14,5)8-12/h12,14,17H,6-9H2,1-5H3. The Labute approximate surface area is 116 Å². The first-order valence-electron chi connectivity index (χ1n) is 7.50. The van der Waals surface area contributed by atoms with Crippen molar-refractivity contribution in [2.75, 3.05) is 0 Å². The molecule has 2 aliphatic rings. The van der Waals surface area contributed by atoms with Gasteiger partial charge in [-0.15, -0.1) is 0 Å². The van der Waals surface area contributed by atoms with E-state index in [4.69, 9.17) is 4.52 Å². The zero-order valence-electron chi connectivity index (χ0n) is 12.8. The summed E-state index contributed by atoms with van der Waals surface area (Å²) in [7, 11) is 0. The molecule has 0 radical (unpaired) electrons. The quantitative estimate of drug-likeness (QED) is 0.904. The largest absolute Gasteiger partial charge is 0.361 e. The molecule has 3 atom stereocenters. The van der Waals surface area contributed by atoms with Crippen molar-refractivity contribution in [1.82, 2.24) is 10.5 Å². The lowest BCUT2D eigenvalue weighted by Crippen LogP contribution is -2.50. The van der Waals surface area contributed by atoms with E-state index in [0.29, 0.717) is 16.9 Å². The molecule has 3 rings (SSSR count). The van der Waals surface area contributed by atoms with Gasteiger partial charge in [-0.05, 0) is 49.9 Å². The summed E-state index contributed by atoms with van der Waals surface area (Å²) in [6.45, 7) is 12.3. The summed E-state index contributed by atoms with van der Waals surface area (Å²) in [6.07, 6.45) is 4.17. The third kappa shape index (κ3) is 1.85. The Morgan fingerprint density at radius 2 is 2.05 bits per heavy atom. The second-order valence-corrected chi connectivity index (χ2v) is 7.53. The molecule has 0 saturated heterocycles. The van der Waals surface area contributed by atoms with E-state index in [1.807, 2.05) is 13.8 Å². The Morgan fingerprint density at radius 1 is 1.32 bits per heavy atom. The van der Waals surface area contributed by atoms with Gasteiger partial charge in [-0.2, -0.15) is 0 Å². The molecule has 3 heteroatoms. The van der Waals surface area contributed by atoms with Gasteiger partial charge in [-0.25, -0.2) is 0 Å². The van der Waals surface area contributed by atoms with Crippen LogP contribution in [-0.2, 0) is 6.54 Å². The van der Waals surface area contributed by atoms with E-state index in [2.05, 4.69) is 31.2 Å². The van der Waals surface area contributed by atoms with Gasteiger partial charge in [-0.1, -0.05) is 25.9 Å². The fourth-order valence-corrected chi connectivity index (χ4v) is 4.77. The Kier molecular flexibility index (Phi) is 2.83. The highest BCUT2D eigenvalue weighted by Crippen LogP contribution is 2.62. The first-order chi connectivity index (χ1) is 8.84. The molecule has 1 aromatic heterocycles. The molecule has 0 aliphatic heterocycles. The van der Waals surface area contributed by atoms with Crippen molar-refractivity contribution in [1.29, 1.82) is 0 Å².